The molecule has 1 aliphatic rings. The zero-order valence-corrected chi connectivity index (χ0v) is 9.23. The lowest BCUT2D eigenvalue weighted by atomic mass is 10.5. The predicted molar refractivity (Wildman–Crippen MR) is 56.2 cm³/mol. The van der Waals surface area contributed by atoms with E-state index in [1.807, 2.05) is 6.92 Å². The van der Waals surface area contributed by atoms with Crippen LogP contribution in [0.5, 0.6) is 6.01 Å². The number of amides is 1. The molecule has 1 aromatic rings. The molecular weight excluding hydrogens is 228 g/mol. The predicted octanol–water partition coefficient (Wildman–Crippen LogP) is 0.0301. The monoisotopic (exact) mass is 240 g/mol. The summed E-state index contributed by atoms with van der Waals surface area (Å²) >= 11 is 0. The van der Waals surface area contributed by atoms with Crippen molar-refractivity contribution >= 4 is 11.9 Å². The van der Waals surface area contributed by atoms with E-state index in [-0.39, 0.29) is 17.7 Å². The van der Waals surface area contributed by atoms with Crippen molar-refractivity contribution in [3.05, 3.63) is 12.0 Å². The number of H-pyrrole nitrogens is 1. The van der Waals surface area contributed by atoms with Crippen LogP contribution in [0.1, 0.15) is 6.92 Å². The molecule has 0 bridgehead atoms. The van der Waals surface area contributed by atoms with E-state index in [2.05, 4.69) is 20.5 Å². The number of ether oxygens (including phenoxy) is 3. The van der Waals surface area contributed by atoms with Gasteiger partial charge in [-0.25, -0.2) is 5.10 Å². The largest absolute Gasteiger partial charge is 0.494 e. The van der Waals surface area contributed by atoms with Crippen molar-refractivity contribution in [1.29, 1.82) is 0 Å². The molecule has 0 unspecified atom stereocenters. The molecule has 0 spiro atoms. The number of anilines is 1. The fourth-order valence-corrected chi connectivity index (χ4v) is 1.15. The maximum absolute atomic E-state index is 11.6. The molecule has 8 nitrogen and oxygen atoms in total. The summed E-state index contributed by atoms with van der Waals surface area (Å²) in [6.45, 7) is 3.05. The molecular formula is C9H12N4O4. The molecule has 2 N–H and O–H groups in total. The van der Waals surface area contributed by atoms with Gasteiger partial charge < -0.3 is 14.2 Å². The van der Waals surface area contributed by atoms with Crippen LogP contribution < -0.4 is 10.1 Å². The molecule has 1 aliphatic heterocycles. The minimum atomic E-state index is -0.455. The highest BCUT2D eigenvalue weighted by molar-refractivity contribution is 6.01. The Hall–Kier alpha value is -2.25. The molecule has 0 aromatic carbocycles. The van der Waals surface area contributed by atoms with E-state index in [0.29, 0.717) is 19.8 Å². The van der Waals surface area contributed by atoms with Gasteiger partial charge in [0.2, 0.25) is 11.7 Å². The van der Waals surface area contributed by atoms with Crippen LogP contribution in [0, 0.1) is 0 Å². The molecule has 92 valence electrons. The van der Waals surface area contributed by atoms with E-state index in [1.165, 1.54) is 6.26 Å². The van der Waals surface area contributed by atoms with Gasteiger partial charge in [0.15, 0.2) is 0 Å². The van der Waals surface area contributed by atoms with Crippen LogP contribution in [0.4, 0.5) is 5.95 Å². The summed E-state index contributed by atoms with van der Waals surface area (Å²) in [6.07, 6.45) is 1.26. The number of aromatic nitrogens is 3. The minimum absolute atomic E-state index is 0.102. The van der Waals surface area contributed by atoms with Crippen LogP contribution in [0.3, 0.4) is 0 Å². The highest BCUT2D eigenvalue weighted by Crippen LogP contribution is 2.09. The highest BCUT2D eigenvalue weighted by atomic mass is 16.6. The molecule has 0 radical (unpaired) electrons. The van der Waals surface area contributed by atoms with Gasteiger partial charge >= 0.3 is 6.01 Å². The van der Waals surface area contributed by atoms with E-state index in [9.17, 15) is 4.79 Å². The van der Waals surface area contributed by atoms with Crippen molar-refractivity contribution in [2.24, 2.45) is 0 Å². The number of nitrogens with one attached hydrogen (secondary N) is 2. The summed E-state index contributed by atoms with van der Waals surface area (Å²) in [6, 6.07) is 0.178. The van der Waals surface area contributed by atoms with E-state index < -0.39 is 5.91 Å². The van der Waals surface area contributed by atoms with Crippen molar-refractivity contribution in [2.75, 3.05) is 25.1 Å². The lowest BCUT2D eigenvalue weighted by Crippen LogP contribution is -2.21. The summed E-state index contributed by atoms with van der Waals surface area (Å²) in [5, 5.41) is 8.73. The van der Waals surface area contributed by atoms with Crippen LogP contribution in [0.15, 0.2) is 12.0 Å². The van der Waals surface area contributed by atoms with Gasteiger partial charge in [-0.2, -0.15) is 4.98 Å². The maximum atomic E-state index is 11.6. The number of hydrogen-bond acceptors (Lipinski definition) is 6. The third-order valence-electron chi connectivity index (χ3n) is 1.84. The lowest BCUT2D eigenvalue weighted by Gasteiger charge is -2.13. The minimum Gasteiger partial charge on any atom is -0.494 e. The first-order valence-corrected chi connectivity index (χ1v) is 5.10. The quantitative estimate of drug-likeness (QED) is 0.770. The Bertz CT molecular complexity index is 428. The summed E-state index contributed by atoms with van der Waals surface area (Å²) in [4.78, 5) is 15.5. The Morgan fingerprint density at radius 3 is 3.24 bits per heavy atom. The molecule has 17 heavy (non-hydrogen) atoms. The smallest absolute Gasteiger partial charge is 0.337 e. The number of carbonyl (C=O) groups excluding carboxylic acids is 1. The molecule has 0 fully saturated rings. The third kappa shape index (κ3) is 2.86. The summed E-state index contributed by atoms with van der Waals surface area (Å²) in [5.41, 5.74) is 0. The van der Waals surface area contributed by atoms with Gasteiger partial charge in [-0.1, -0.05) is 0 Å². The van der Waals surface area contributed by atoms with Crippen LogP contribution in [-0.4, -0.2) is 40.9 Å². The SMILES string of the molecule is CCOc1n[nH]c(NC(=O)C2=COCCO2)n1. The normalized spacial score (nSPS) is 14.3. The number of carbonyl (C=O) groups is 1. The molecule has 0 atom stereocenters. The van der Waals surface area contributed by atoms with Crippen LogP contribution in [0.25, 0.3) is 0 Å². The van der Waals surface area contributed by atoms with E-state index >= 15 is 0 Å². The van der Waals surface area contributed by atoms with E-state index in [0.717, 1.165) is 0 Å². The van der Waals surface area contributed by atoms with Gasteiger partial charge in [-0.05, 0) is 6.92 Å². The second kappa shape index (κ2) is 5.19. The van der Waals surface area contributed by atoms with Crippen LogP contribution in [0.2, 0.25) is 0 Å². The Labute approximate surface area is 97.0 Å². The first-order chi connectivity index (χ1) is 8.29. The highest BCUT2D eigenvalue weighted by Gasteiger charge is 2.16. The van der Waals surface area contributed by atoms with Crippen LogP contribution >= 0.6 is 0 Å². The van der Waals surface area contributed by atoms with E-state index in [1.54, 1.807) is 0 Å². The topological polar surface area (TPSA) is 98.4 Å². The zero-order chi connectivity index (χ0) is 12.1. The Morgan fingerprint density at radius 2 is 2.53 bits per heavy atom. The van der Waals surface area contributed by atoms with Gasteiger partial charge in [-0.3, -0.25) is 10.1 Å². The summed E-state index contributed by atoms with van der Waals surface area (Å²) in [5.74, 6) is -0.164. The number of rotatable bonds is 4. The van der Waals surface area contributed by atoms with Crippen molar-refractivity contribution < 1.29 is 19.0 Å². The molecule has 8 heteroatoms. The van der Waals surface area contributed by atoms with Gasteiger partial charge in [0.25, 0.3) is 5.91 Å². The number of aromatic amines is 1. The third-order valence-corrected chi connectivity index (χ3v) is 1.84. The lowest BCUT2D eigenvalue weighted by molar-refractivity contribution is -0.117. The van der Waals surface area contributed by atoms with Crippen LogP contribution in [-0.2, 0) is 14.3 Å². The summed E-state index contributed by atoms with van der Waals surface area (Å²) < 4.78 is 15.1. The molecule has 2 heterocycles. The second-order valence-electron chi connectivity index (χ2n) is 3.06. The van der Waals surface area contributed by atoms with Gasteiger partial charge in [0, 0.05) is 0 Å². The Morgan fingerprint density at radius 1 is 1.65 bits per heavy atom. The fraction of sp³-hybridized carbons (Fsp3) is 0.444. The average molecular weight is 240 g/mol. The maximum Gasteiger partial charge on any atom is 0.337 e. The van der Waals surface area contributed by atoms with Gasteiger partial charge in [0.1, 0.15) is 19.5 Å². The van der Waals surface area contributed by atoms with Crippen molar-refractivity contribution in [3.8, 4) is 6.01 Å². The number of hydrogen-bond donors (Lipinski definition) is 2. The second-order valence-corrected chi connectivity index (χ2v) is 3.06. The molecule has 0 saturated heterocycles. The molecule has 0 aliphatic carbocycles. The first-order valence-electron chi connectivity index (χ1n) is 5.10. The zero-order valence-electron chi connectivity index (χ0n) is 9.23. The van der Waals surface area contributed by atoms with Gasteiger partial charge in [0.05, 0.1) is 6.61 Å². The number of nitrogens with zero attached hydrogens (tertiary/aromatic N) is 2. The molecule has 1 amide bonds. The van der Waals surface area contributed by atoms with E-state index in [4.69, 9.17) is 14.2 Å². The molecule has 1 aromatic heterocycles. The van der Waals surface area contributed by atoms with Crippen molar-refractivity contribution in [1.82, 2.24) is 15.2 Å². The van der Waals surface area contributed by atoms with Crippen molar-refractivity contribution in [3.63, 3.8) is 0 Å². The average Bonchev–Trinajstić information content (AvgIpc) is 2.78. The first kappa shape index (κ1) is 11.2. The Kier molecular flexibility index (Phi) is 3.43. The molecule has 0 saturated carbocycles. The van der Waals surface area contributed by atoms with Crippen molar-refractivity contribution in [2.45, 2.75) is 6.92 Å². The summed E-state index contributed by atoms with van der Waals surface area (Å²) in [7, 11) is 0. The molecule has 2 rings (SSSR count). The van der Waals surface area contributed by atoms with Gasteiger partial charge in [-0.15, -0.1) is 5.10 Å². The Balaban J connectivity index is 1.95. The fourth-order valence-electron chi connectivity index (χ4n) is 1.15. The standard InChI is InChI=1S/C9H12N4O4/c1-2-16-9-11-8(12-13-9)10-7(14)6-5-15-3-4-17-6/h5H,2-4H2,1H3,(H2,10,11,12,13,14).